The van der Waals surface area contributed by atoms with E-state index in [4.69, 9.17) is 0 Å². The molecule has 8 heteroatoms. The third kappa shape index (κ3) is 4.90. The molecule has 0 fully saturated rings. The molecule has 2 N–H and O–H groups in total. The lowest BCUT2D eigenvalue weighted by Gasteiger charge is -2.27. The number of aliphatic hydroxyl groups excluding tert-OH is 1. The minimum absolute atomic E-state index is 0.0176. The van der Waals surface area contributed by atoms with Gasteiger partial charge in [0.15, 0.2) is 11.9 Å². The van der Waals surface area contributed by atoms with Crippen molar-refractivity contribution in [2.24, 2.45) is 5.92 Å². The summed E-state index contributed by atoms with van der Waals surface area (Å²) < 4.78 is 41.3. The van der Waals surface area contributed by atoms with E-state index in [-0.39, 0.29) is 29.8 Å². The average molecular weight is 358 g/mol. The molecule has 1 unspecified atom stereocenters. The molecule has 5 nitrogen and oxygen atoms in total. The molecule has 140 valence electrons. The maximum atomic E-state index is 14.3. The van der Waals surface area contributed by atoms with Gasteiger partial charge in [-0.25, -0.2) is 18.2 Å². The fourth-order valence-corrected chi connectivity index (χ4v) is 2.52. The van der Waals surface area contributed by atoms with Crippen LogP contribution in [0.3, 0.4) is 0 Å². The highest BCUT2D eigenvalue weighted by Gasteiger charge is 2.46. The first-order valence-corrected chi connectivity index (χ1v) is 8.56. The number of hydrogen-bond donors (Lipinski definition) is 2. The summed E-state index contributed by atoms with van der Waals surface area (Å²) in [5.41, 5.74) is -0.0709. The predicted molar refractivity (Wildman–Crippen MR) is 90.0 cm³/mol. The van der Waals surface area contributed by atoms with Crippen molar-refractivity contribution < 1.29 is 18.3 Å². The maximum Gasteiger partial charge on any atom is 0.280 e. The van der Waals surface area contributed by atoms with Gasteiger partial charge in [-0.2, -0.15) is 9.97 Å². The molecule has 2 rings (SSSR count). The fraction of sp³-hybridized carbons (Fsp3) is 0.706. The zero-order valence-electron chi connectivity index (χ0n) is 15.0. The topological polar surface area (TPSA) is 70.9 Å². The molecule has 0 aromatic carbocycles. The average Bonchev–Trinajstić information content (AvgIpc) is 2.50. The first kappa shape index (κ1) is 19.6. The zero-order chi connectivity index (χ0) is 18.8. The summed E-state index contributed by atoms with van der Waals surface area (Å²) in [6, 6.07) is 0.0494. The molecule has 0 spiro atoms. The molecular formula is C17H25F3N4O. The van der Waals surface area contributed by atoms with Gasteiger partial charge in [0, 0.05) is 24.5 Å². The number of hydrogen-bond acceptors (Lipinski definition) is 5. The summed E-state index contributed by atoms with van der Waals surface area (Å²) >= 11 is 0. The molecule has 1 aromatic heterocycles. The van der Waals surface area contributed by atoms with Crippen molar-refractivity contribution in [3.63, 3.8) is 0 Å². The van der Waals surface area contributed by atoms with Crippen LogP contribution in [0.15, 0.2) is 5.83 Å². The molecule has 0 saturated heterocycles. The predicted octanol–water partition coefficient (Wildman–Crippen LogP) is 3.75. The Balaban J connectivity index is 2.41. The number of aryl methyl sites for hydroxylation is 1. The SMILES string of the molecule is CC(C)CCc1nc(NC(C)C)nc(C2=C(F)C(O)C(F)(F)CC2)n1. The Morgan fingerprint density at radius 1 is 1.20 bits per heavy atom. The Bertz CT molecular complexity index is 647. The van der Waals surface area contributed by atoms with E-state index in [0.717, 1.165) is 6.42 Å². The Hall–Kier alpha value is -1.70. The standard InChI is InChI=1S/C17H25F3N4O/c1-9(2)5-6-12-22-15(24-16(23-12)21-10(3)4)11-7-8-17(19,20)14(25)13(11)18/h9-10,14,25H,5-8H2,1-4H3,(H,21,22,23,24). The molecule has 0 saturated carbocycles. The van der Waals surface area contributed by atoms with Crippen LogP contribution in [0.4, 0.5) is 19.1 Å². The molecule has 1 aliphatic rings. The van der Waals surface area contributed by atoms with Gasteiger partial charge < -0.3 is 10.4 Å². The Morgan fingerprint density at radius 3 is 2.48 bits per heavy atom. The zero-order valence-corrected chi connectivity index (χ0v) is 15.0. The van der Waals surface area contributed by atoms with Gasteiger partial charge in [-0.15, -0.1) is 0 Å². The van der Waals surface area contributed by atoms with Crippen LogP contribution in [-0.4, -0.2) is 38.1 Å². The number of alkyl halides is 2. The first-order chi connectivity index (χ1) is 11.6. The van der Waals surface area contributed by atoms with E-state index in [0.29, 0.717) is 18.2 Å². The molecule has 1 aliphatic carbocycles. The largest absolute Gasteiger partial charge is 0.380 e. The highest BCUT2D eigenvalue weighted by atomic mass is 19.3. The minimum atomic E-state index is -3.47. The van der Waals surface area contributed by atoms with Gasteiger partial charge in [-0.05, 0) is 32.6 Å². The van der Waals surface area contributed by atoms with Gasteiger partial charge in [-0.1, -0.05) is 13.8 Å². The summed E-state index contributed by atoms with van der Waals surface area (Å²) in [6.07, 6.45) is -1.91. The van der Waals surface area contributed by atoms with Crippen molar-refractivity contribution in [1.29, 1.82) is 0 Å². The van der Waals surface area contributed by atoms with Crippen LogP contribution in [-0.2, 0) is 6.42 Å². The van der Waals surface area contributed by atoms with E-state index >= 15 is 0 Å². The highest BCUT2D eigenvalue weighted by Crippen LogP contribution is 2.40. The molecular weight excluding hydrogens is 333 g/mol. The molecule has 0 aliphatic heterocycles. The second-order valence-corrected chi connectivity index (χ2v) is 7.12. The molecule has 1 heterocycles. The molecule has 0 bridgehead atoms. The van der Waals surface area contributed by atoms with E-state index in [2.05, 4.69) is 34.1 Å². The van der Waals surface area contributed by atoms with Gasteiger partial charge >= 0.3 is 0 Å². The van der Waals surface area contributed by atoms with Crippen LogP contribution in [0.1, 0.15) is 58.6 Å². The van der Waals surface area contributed by atoms with Gasteiger partial charge in [0.05, 0.1) is 0 Å². The summed E-state index contributed by atoms with van der Waals surface area (Å²) in [6.45, 7) is 7.94. The molecule has 1 aromatic rings. The molecule has 0 radical (unpaired) electrons. The normalized spacial score (nSPS) is 20.5. The molecule has 25 heavy (non-hydrogen) atoms. The smallest absolute Gasteiger partial charge is 0.280 e. The Kier molecular flexibility index (Phi) is 6.03. The number of aliphatic hydroxyl groups is 1. The van der Waals surface area contributed by atoms with Gasteiger partial charge in [-0.3, -0.25) is 0 Å². The molecule has 0 amide bonds. The van der Waals surface area contributed by atoms with E-state index < -0.39 is 24.3 Å². The summed E-state index contributed by atoms with van der Waals surface area (Å²) in [5, 5.41) is 12.6. The lowest BCUT2D eigenvalue weighted by molar-refractivity contribution is -0.107. The van der Waals surface area contributed by atoms with Crippen molar-refractivity contribution in [3.8, 4) is 0 Å². The van der Waals surface area contributed by atoms with Gasteiger partial charge in [0.25, 0.3) is 5.92 Å². The second-order valence-electron chi connectivity index (χ2n) is 7.12. The third-order valence-corrected chi connectivity index (χ3v) is 3.95. The Morgan fingerprint density at radius 2 is 1.88 bits per heavy atom. The number of aromatic nitrogens is 3. The third-order valence-electron chi connectivity index (χ3n) is 3.95. The van der Waals surface area contributed by atoms with Crippen molar-refractivity contribution in [3.05, 3.63) is 17.5 Å². The van der Waals surface area contributed by atoms with E-state index in [1.807, 2.05) is 13.8 Å². The number of halogens is 3. The second kappa shape index (κ2) is 7.68. The minimum Gasteiger partial charge on any atom is -0.380 e. The monoisotopic (exact) mass is 358 g/mol. The van der Waals surface area contributed by atoms with Crippen LogP contribution < -0.4 is 5.32 Å². The van der Waals surface area contributed by atoms with Crippen molar-refractivity contribution >= 4 is 11.5 Å². The highest BCUT2D eigenvalue weighted by molar-refractivity contribution is 5.65. The van der Waals surface area contributed by atoms with Crippen LogP contribution >= 0.6 is 0 Å². The summed E-state index contributed by atoms with van der Waals surface area (Å²) in [4.78, 5) is 12.7. The van der Waals surface area contributed by atoms with Crippen LogP contribution in [0, 0.1) is 5.92 Å². The van der Waals surface area contributed by atoms with Crippen LogP contribution in [0.25, 0.3) is 5.57 Å². The first-order valence-electron chi connectivity index (χ1n) is 8.56. The quantitative estimate of drug-likeness (QED) is 0.810. The lowest BCUT2D eigenvalue weighted by atomic mass is 9.92. The number of anilines is 1. The summed E-state index contributed by atoms with van der Waals surface area (Å²) in [7, 11) is 0. The lowest BCUT2D eigenvalue weighted by Crippen LogP contribution is -2.37. The fourth-order valence-electron chi connectivity index (χ4n) is 2.52. The van der Waals surface area contributed by atoms with Crippen LogP contribution in [0.5, 0.6) is 0 Å². The summed E-state index contributed by atoms with van der Waals surface area (Å²) in [5.74, 6) is -3.51. The number of allylic oxidation sites excluding steroid dienone is 1. The number of rotatable bonds is 6. The molecule has 1 atom stereocenters. The van der Waals surface area contributed by atoms with Crippen molar-refractivity contribution in [2.45, 2.75) is 71.4 Å². The van der Waals surface area contributed by atoms with Crippen LogP contribution in [0.2, 0.25) is 0 Å². The van der Waals surface area contributed by atoms with Gasteiger partial charge in [0.2, 0.25) is 5.95 Å². The Labute approximate surface area is 145 Å². The number of nitrogens with one attached hydrogen (secondary N) is 1. The van der Waals surface area contributed by atoms with E-state index in [1.165, 1.54) is 0 Å². The van der Waals surface area contributed by atoms with Gasteiger partial charge in [0.1, 0.15) is 11.7 Å². The van der Waals surface area contributed by atoms with Crippen molar-refractivity contribution in [2.75, 3.05) is 5.32 Å². The van der Waals surface area contributed by atoms with E-state index in [9.17, 15) is 18.3 Å². The maximum absolute atomic E-state index is 14.3. The van der Waals surface area contributed by atoms with Crippen molar-refractivity contribution in [1.82, 2.24) is 15.0 Å². The van der Waals surface area contributed by atoms with E-state index in [1.54, 1.807) is 0 Å². The number of nitrogens with zero attached hydrogens (tertiary/aromatic N) is 3.